The predicted octanol–water partition coefficient (Wildman–Crippen LogP) is 5.94. The van der Waals surface area contributed by atoms with Crippen molar-refractivity contribution >= 4 is 18.5 Å². The number of rotatable bonds is 5. The second-order valence-corrected chi connectivity index (χ2v) is 7.67. The van der Waals surface area contributed by atoms with Crippen LogP contribution in [-0.4, -0.2) is 13.0 Å². The monoisotopic (exact) mass is 286 g/mol. The average molecular weight is 286 g/mol. The first-order valence-corrected chi connectivity index (χ1v) is 9.72. The summed E-state index contributed by atoms with van der Waals surface area (Å²) in [6, 6.07) is 9.20. The molecule has 2 aliphatic heterocycles. The van der Waals surface area contributed by atoms with E-state index in [0.29, 0.717) is 0 Å². The van der Waals surface area contributed by atoms with Crippen molar-refractivity contribution in [1.82, 2.24) is 0 Å². The molecule has 108 valence electrons. The van der Waals surface area contributed by atoms with Gasteiger partial charge in [0.15, 0.2) is 0 Å². The van der Waals surface area contributed by atoms with E-state index in [2.05, 4.69) is 30.5 Å². The highest BCUT2D eigenvalue weighted by Gasteiger charge is 2.38. The lowest BCUT2D eigenvalue weighted by Gasteiger charge is -2.40. The van der Waals surface area contributed by atoms with Crippen molar-refractivity contribution in [1.29, 1.82) is 0 Å². The quantitative estimate of drug-likeness (QED) is 0.476. The van der Waals surface area contributed by atoms with Gasteiger partial charge in [0.1, 0.15) is 6.71 Å². The van der Waals surface area contributed by atoms with Gasteiger partial charge < -0.3 is 0 Å². The van der Waals surface area contributed by atoms with E-state index in [9.17, 15) is 0 Å². The number of aryl methyl sites for hydroxylation is 1. The molecule has 0 radical (unpaired) electrons. The third-order valence-corrected chi connectivity index (χ3v) is 6.42. The number of hydrogen-bond donors (Lipinski definition) is 0. The highest BCUT2D eigenvalue weighted by molar-refractivity contribution is 7.98. The van der Waals surface area contributed by atoms with Crippen molar-refractivity contribution < 1.29 is 0 Å². The van der Waals surface area contributed by atoms with E-state index in [1.165, 1.54) is 68.1 Å². The van der Waals surface area contributed by atoms with E-state index in [-0.39, 0.29) is 0 Å². The van der Waals surface area contributed by atoms with Gasteiger partial charge in [-0.15, -0.1) is 11.8 Å². The Hall–Kier alpha value is -0.365. The smallest absolute Gasteiger partial charge is 0.130 e. The van der Waals surface area contributed by atoms with Crippen molar-refractivity contribution in [2.45, 2.75) is 74.2 Å². The molecular formula is C18H27BS. The maximum Gasteiger partial charge on any atom is 0.146 e. The number of benzene rings is 1. The first-order chi connectivity index (χ1) is 9.86. The van der Waals surface area contributed by atoms with Gasteiger partial charge in [-0.05, 0) is 30.4 Å². The molecule has 0 unspecified atom stereocenters. The predicted molar refractivity (Wildman–Crippen MR) is 92.3 cm³/mol. The molecule has 0 atom stereocenters. The molecule has 2 heteroatoms. The molecule has 0 saturated carbocycles. The Balaban J connectivity index is 1.49. The minimum Gasteiger partial charge on any atom is -0.130 e. The van der Waals surface area contributed by atoms with Gasteiger partial charge in [-0.1, -0.05) is 75.0 Å². The zero-order valence-corrected chi connectivity index (χ0v) is 13.6. The van der Waals surface area contributed by atoms with Gasteiger partial charge in [0, 0.05) is 4.90 Å². The van der Waals surface area contributed by atoms with Crippen LogP contribution in [0.25, 0.3) is 0 Å². The second kappa shape index (κ2) is 7.07. The molecular weight excluding hydrogens is 259 g/mol. The summed E-state index contributed by atoms with van der Waals surface area (Å²) >= 11 is 1.84. The molecule has 1 aromatic rings. The molecule has 3 rings (SSSR count). The largest absolute Gasteiger partial charge is 0.146 e. The van der Waals surface area contributed by atoms with Gasteiger partial charge in [-0.3, -0.25) is 0 Å². The average Bonchev–Trinajstić information content (AvgIpc) is 2.48. The lowest BCUT2D eigenvalue weighted by atomic mass is 9.26. The van der Waals surface area contributed by atoms with E-state index in [1.807, 2.05) is 11.8 Å². The Morgan fingerprint density at radius 3 is 2.15 bits per heavy atom. The van der Waals surface area contributed by atoms with Crippen LogP contribution in [0, 0.1) is 0 Å². The third-order valence-electron chi connectivity index (χ3n) is 5.67. The Kier molecular flexibility index (Phi) is 5.15. The maximum absolute atomic E-state index is 2.33. The lowest BCUT2D eigenvalue weighted by molar-refractivity contribution is 0.440. The summed E-state index contributed by atoms with van der Waals surface area (Å²) < 4.78 is 0. The van der Waals surface area contributed by atoms with Crippen LogP contribution in [0.15, 0.2) is 29.2 Å². The van der Waals surface area contributed by atoms with Crippen molar-refractivity contribution in [2.75, 3.05) is 6.26 Å². The molecule has 0 N–H and O–H groups in total. The van der Waals surface area contributed by atoms with Crippen LogP contribution in [0.1, 0.15) is 50.5 Å². The normalized spacial score (nSPS) is 25.8. The van der Waals surface area contributed by atoms with Crippen molar-refractivity contribution in [3.8, 4) is 0 Å². The standard InChI is InChI=1S/C18H27BS/c1-20-18-12-10-15(11-13-18)5-4-14-19-16-6-2-7-17(19)9-3-8-16/h10-13,16-17H,2-9,14H2,1H3. The van der Waals surface area contributed by atoms with E-state index in [0.717, 1.165) is 18.3 Å². The Morgan fingerprint density at radius 2 is 1.60 bits per heavy atom. The summed E-state index contributed by atoms with van der Waals surface area (Å²) in [5.41, 5.74) is 1.53. The maximum atomic E-state index is 2.33. The van der Waals surface area contributed by atoms with Gasteiger partial charge >= 0.3 is 0 Å². The molecule has 0 aliphatic carbocycles. The first kappa shape index (κ1) is 14.6. The highest BCUT2D eigenvalue weighted by Crippen LogP contribution is 2.48. The molecule has 0 nitrogen and oxygen atoms in total. The summed E-state index contributed by atoms with van der Waals surface area (Å²) in [7, 11) is 0. The Bertz CT molecular complexity index is 392. The molecule has 1 aromatic carbocycles. The molecule has 2 heterocycles. The summed E-state index contributed by atoms with van der Waals surface area (Å²) in [4.78, 5) is 1.38. The minimum absolute atomic E-state index is 1.07. The molecule has 2 bridgehead atoms. The molecule has 0 aromatic heterocycles. The SMILES string of the molecule is CSc1ccc(CCCB2C3CCCC2CCC3)cc1. The van der Waals surface area contributed by atoms with E-state index < -0.39 is 0 Å². The fourth-order valence-corrected chi connectivity index (χ4v) is 5.03. The van der Waals surface area contributed by atoms with E-state index in [4.69, 9.17) is 0 Å². The van der Waals surface area contributed by atoms with Crippen LogP contribution >= 0.6 is 11.8 Å². The number of hydrogen-bond acceptors (Lipinski definition) is 1. The van der Waals surface area contributed by atoms with Gasteiger partial charge in [0.05, 0.1) is 0 Å². The van der Waals surface area contributed by atoms with Gasteiger partial charge in [-0.25, -0.2) is 0 Å². The fraction of sp³-hybridized carbons (Fsp3) is 0.667. The first-order valence-electron chi connectivity index (χ1n) is 8.50. The molecule has 20 heavy (non-hydrogen) atoms. The molecule has 2 saturated heterocycles. The van der Waals surface area contributed by atoms with Gasteiger partial charge in [0.25, 0.3) is 0 Å². The topological polar surface area (TPSA) is 0 Å². The summed E-state index contributed by atoms with van der Waals surface area (Å²) in [5.74, 6) is 2.17. The van der Waals surface area contributed by atoms with E-state index in [1.54, 1.807) is 0 Å². The van der Waals surface area contributed by atoms with Crippen LogP contribution < -0.4 is 0 Å². The van der Waals surface area contributed by atoms with Crippen molar-refractivity contribution in [2.24, 2.45) is 0 Å². The molecule has 2 fully saturated rings. The van der Waals surface area contributed by atoms with E-state index >= 15 is 0 Å². The van der Waals surface area contributed by atoms with Crippen molar-refractivity contribution in [3.05, 3.63) is 29.8 Å². The third kappa shape index (κ3) is 3.45. The summed E-state index contributed by atoms with van der Waals surface area (Å²) in [5, 5.41) is 0. The minimum atomic E-state index is 1.07. The van der Waals surface area contributed by atoms with Crippen LogP contribution in [0.4, 0.5) is 0 Å². The molecule has 2 aliphatic rings. The Labute approximate surface area is 129 Å². The summed E-state index contributed by atoms with van der Waals surface area (Å²) in [6.45, 7) is 1.07. The molecule has 0 amide bonds. The zero-order valence-electron chi connectivity index (χ0n) is 12.8. The highest BCUT2D eigenvalue weighted by atomic mass is 32.2. The lowest BCUT2D eigenvalue weighted by Crippen LogP contribution is -2.34. The Morgan fingerprint density at radius 1 is 1.00 bits per heavy atom. The van der Waals surface area contributed by atoms with Gasteiger partial charge in [-0.2, -0.15) is 0 Å². The van der Waals surface area contributed by atoms with Gasteiger partial charge in [0.2, 0.25) is 0 Å². The van der Waals surface area contributed by atoms with Crippen molar-refractivity contribution in [3.63, 3.8) is 0 Å². The van der Waals surface area contributed by atoms with Crippen LogP contribution in [-0.2, 0) is 6.42 Å². The van der Waals surface area contributed by atoms with Crippen LogP contribution in [0.2, 0.25) is 18.0 Å². The van der Waals surface area contributed by atoms with Crippen LogP contribution in [0.5, 0.6) is 0 Å². The fourth-order valence-electron chi connectivity index (χ4n) is 4.62. The summed E-state index contributed by atoms with van der Waals surface area (Å²) in [6.07, 6.45) is 15.5. The van der Waals surface area contributed by atoms with Crippen LogP contribution in [0.3, 0.4) is 0 Å². The number of fused-ring (bicyclic) bond motifs is 2. The zero-order chi connectivity index (χ0) is 13.8. The number of thioether (sulfide) groups is 1. The molecule has 0 spiro atoms. The second-order valence-electron chi connectivity index (χ2n) is 6.79.